The van der Waals surface area contributed by atoms with Crippen molar-refractivity contribution in [3.05, 3.63) is 29.3 Å². The third kappa shape index (κ3) is 2.76. The molecule has 0 amide bonds. The Morgan fingerprint density at radius 1 is 1.38 bits per heavy atom. The number of phenols is 1. The van der Waals surface area contributed by atoms with Crippen LogP contribution in [0.25, 0.3) is 0 Å². The minimum atomic E-state index is 0.414. The van der Waals surface area contributed by atoms with Gasteiger partial charge in [0.15, 0.2) is 0 Å². The normalized spacial score (nSPS) is 20.2. The summed E-state index contributed by atoms with van der Waals surface area (Å²) in [7, 11) is 0. The van der Waals surface area contributed by atoms with Crippen molar-refractivity contribution in [2.45, 2.75) is 45.1 Å². The van der Waals surface area contributed by atoms with Crippen LogP contribution in [0.5, 0.6) is 5.75 Å². The summed E-state index contributed by atoms with van der Waals surface area (Å²) < 4.78 is 0. The van der Waals surface area contributed by atoms with Gasteiger partial charge in [-0.15, -0.1) is 0 Å². The van der Waals surface area contributed by atoms with E-state index < -0.39 is 0 Å². The summed E-state index contributed by atoms with van der Waals surface area (Å²) in [5.74, 6) is 0.414. The van der Waals surface area contributed by atoms with Gasteiger partial charge >= 0.3 is 0 Å². The molecule has 0 bridgehead atoms. The van der Waals surface area contributed by atoms with Crippen molar-refractivity contribution in [2.75, 3.05) is 6.54 Å². The molecule has 88 valence electrons. The van der Waals surface area contributed by atoms with E-state index in [0.717, 1.165) is 13.0 Å². The maximum atomic E-state index is 9.73. The first-order valence-electron chi connectivity index (χ1n) is 6.36. The van der Waals surface area contributed by atoms with Crippen molar-refractivity contribution in [1.82, 2.24) is 5.32 Å². The molecular weight excluding hydrogens is 198 g/mol. The van der Waals surface area contributed by atoms with Gasteiger partial charge in [-0.1, -0.05) is 19.4 Å². The van der Waals surface area contributed by atoms with E-state index in [0.29, 0.717) is 11.8 Å². The maximum absolute atomic E-state index is 9.73. The summed E-state index contributed by atoms with van der Waals surface area (Å²) in [5, 5.41) is 13.2. The molecule has 2 heteroatoms. The smallest absolute Gasteiger partial charge is 0.116 e. The number of rotatable bonds is 4. The fraction of sp³-hybridized carbons (Fsp3) is 0.571. The van der Waals surface area contributed by atoms with Gasteiger partial charge in [-0.05, 0) is 55.5 Å². The topological polar surface area (TPSA) is 32.3 Å². The van der Waals surface area contributed by atoms with Gasteiger partial charge in [-0.25, -0.2) is 0 Å². The summed E-state index contributed by atoms with van der Waals surface area (Å²) in [6, 6.07) is 6.50. The van der Waals surface area contributed by atoms with E-state index in [9.17, 15) is 5.11 Å². The molecule has 1 heterocycles. The van der Waals surface area contributed by atoms with E-state index in [1.807, 2.05) is 12.1 Å². The molecule has 0 saturated carbocycles. The summed E-state index contributed by atoms with van der Waals surface area (Å²) >= 11 is 0. The van der Waals surface area contributed by atoms with Crippen LogP contribution in [0.2, 0.25) is 0 Å². The van der Waals surface area contributed by atoms with Crippen LogP contribution in [0.4, 0.5) is 0 Å². The van der Waals surface area contributed by atoms with E-state index in [1.165, 1.54) is 36.8 Å². The Bertz CT molecular complexity index is 343. The summed E-state index contributed by atoms with van der Waals surface area (Å²) in [6.07, 6.45) is 5.90. The Labute approximate surface area is 97.7 Å². The van der Waals surface area contributed by atoms with Crippen LogP contribution in [0.1, 0.15) is 49.8 Å². The molecule has 2 nitrogen and oxygen atoms in total. The fourth-order valence-electron chi connectivity index (χ4n) is 2.40. The number of nitrogens with one attached hydrogen (secondary N) is 1. The third-order valence-corrected chi connectivity index (χ3v) is 3.28. The fourth-order valence-corrected chi connectivity index (χ4v) is 2.40. The van der Waals surface area contributed by atoms with Crippen LogP contribution in [0, 0.1) is 0 Å². The number of aryl methyl sites for hydroxylation is 1. The van der Waals surface area contributed by atoms with Gasteiger partial charge in [0, 0.05) is 6.04 Å². The zero-order chi connectivity index (χ0) is 11.4. The number of unbranched alkanes of at least 4 members (excludes halogenated alkanes) is 1. The molecule has 1 saturated heterocycles. The van der Waals surface area contributed by atoms with Crippen LogP contribution < -0.4 is 5.32 Å². The van der Waals surface area contributed by atoms with Crippen LogP contribution in [-0.4, -0.2) is 11.7 Å². The number of phenolic OH excluding ortho intramolecular Hbond substituents is 1. The first-order valence-corrected chi connectivity index (χ1v) is 6.36. The lowest BCUT2D eigenvalue weighted by atomic mass is 9.99. The summed E-state index contributed by atoms with van der Waals surface area (Å²) in [4.78, 5) is 0. The molecule has 0 aliphatic carbocycles. The highest BCUT2D eigenvalue weighted by atomic mass is 16.3. The van der Waals surface area contributed by atoms with Crippen molar-refractivity contribution in [3.8, 4) is 5.75 Å². The Kier molecular flexibility index (Phi) is 3.83. The summed E-state index contributed by atoms with van der Waals surface area (Å²) in [6.45, 7) is 3.30. The lowest BCUT2D eigenvalue weighted by Crippen LogP contribution is -2.12. The van der Waals surface area contributed by atoms with E-state index in [1.54, 1.807) is 0 Å². The average Bonchev–Trinajstić information content (AvgIpc) is 2.79. The lowest BCUT2D eigenvalue weighted by molar-refractivity contribution is 0.472. The molecule has 1 fully saturated rings. The molecule has 16 heavy (non-hydrogen) atoms. The van der Waals surface area contributed by atoms with E-state index in [-0.39, 0.29) is 0 Å². The van der Waals surface area contributed by atoms with Crippen molar-refractivity contribution < 1.29 is 5.11 Å². The van der Waals surface area contributed by atoms with Crippen molar-refractivity contribution >= 4 is 0 Å². The Morgan fingerprint density at radius 2 is 2.25 bits per heavy atom. The van der Waals surface area contributed by atoms with E-state index >= 15 is 0 Å². The molecule has 0 radical (unpaired) electrons. The quantitative estimate of drug-likeness (QED) is 0.815. The number of benzene rings is 1. The van der Waals surface area contributed by atoms with E-state index in [4.69, 9.17) is 0 Å². The molecule has 2 rings (SSSR count). The first-order chi connectivity index (χ1) is 7.79. The van der Waals surface area contributed by atoms with Gasteiger partial charge in [-0.2, -0.15) is 0 Å². The van der Waals surface area contributed by atoms with Gasteiger partial charge in [0.25, 0.3) is 0 Å². The first kappa shape index (κ1) is 11.5. The van der Waals surface area contributed by atoms with Crippen molar-refractivity contribution in [3.63, 3.8) is 0 Å². The van der Waals surface area contributed by atoms with Gasteiger partial charge < -0.3 is 10.4 Å². The standard InChI is InChI=1S/C14H21NO/c1-2-3-5-11-8-12(10-13(16)9-11)14-6-4-7-15-14/h8-10,14-16H,2-7H2,1H3. The zero-order valence-corrected chi connectivity index (χ0v) is 10.00. The van der Waals surface area contributed by atoms with Crippen molar-refractivity contribution in [2.24, 2.45) is 0 Å². The molecular formula is C14H21NO. The molecule has 1 atom stereocenters. The second-order valence-electron chi connectivity index (χ2n) is 4.69. The second-order valence-corrected chi connectivity index (χ2v) is 4.69. The zero-order valence-electron chi connectivity index (χ0n) is 10.00. The highest BCUT2D eigenvalue weighted by Gasteiger charge is 2.16. The minimum absolute atomic E-state index is 0.414. The highest BCUT2D eigenvalue weighted by molar-refractivity contribution is 5.35. The SMILES string of the molecule is CCCCc1cc(O)cc(C2CCCN2)c1. The Hall–Kier alpha value is -1.02. The number of hydrogen-bond acceptors (Lipinski definition) is 2. The molecule has 2 N–H and O–H groups in total. The molecule has 1 unspecified atom stereocenters. The molecule has 1 aliphatic rings. The summed E-state index contributed by atoms with van der Waals surface area (Å²) in [5.41, 5.74) is 2.52. The van der Waals surface area contributed by atoms with Gasteiger partial charge in [0.1, 0.15) is 5.75 Å². The van der Waals surface area contributed by atoms with E-state index in [2.05, 4.69) is 18.3 Å². The monoisotopic (exact) mass is 219 g/mol. The van der Waals surface area contributed by atoms with Gasteiger partial charge in [-0.3, -0.25) is 0 Å². The molecule has 1 aromatic rings. The highest BCUT2D eigenvalue weighted by Crippen LogP contribution is 2.27. The largest absolute Gasteiger partial charge is 0.508 e. The molecule has 0 spiro atoms. The van der Waals surface area contributed by atoms with Gasteiger partial charge in [0.2, 0.25) is 0 Å². The van der Waals surface area contributed by atoms with Crippen LogP contribution in [0.3, 0.4) is 0 Å². The van der Waals surface area contributed by atoms with Gasteiger partial charge in [0.05, 0.1) is 0 Å². The van der Waals surface area contributed by atoms with Crippen molar-refractivity contribution in [1.29, 1.82) is 0 Å². The third-order valence-electron chi connectivity index (χ3n) is 3.28. The predicted molar refractivity (Wildman–Crippen MR) is 66.7 cm³/mol. The predicted octanol–water partition coefficient (Wildman–Crippen LogP) is 3.16. The number of aromatic hydroxyl groups is 1. The molecule has 0 aromatic heterocycles. The van der Waals surface area contributed by atoms with Crippen LogP contribution in [-0.2, 0) is 6.42 Å². The minimum Gasteiger partial charge on any atom is -0.508 e. The maximum Gasteiger partial charge on any atom is 0.116 e. The number of hydrogen-bond donors (Lipinski definition) is 2. The second kappa shape index (κ2) is 5.35. The molecule has 1 aromatic carbocycles. The van der Waals surface area contributed by atoms with Crippen LogP contribution in [0.15, 0.2) is 18.2 Å². The average molecular weight is 219 g/mol. The Morgan fingerprint density at radius 3 is 2.94 bits per heavy atom. The van der Waals surface area contributed by atoms with Crippen LogP contribution >= 0.6 is 0 Å². The molecule has 1 aliphatic heterocycles. The lowest BCUT2D eigenvalue weighted by Gasteiger charge is -2.13. The Balaban J connectivity index is 2.14.